The van der Waals surface area contributed by atoms with Gasteiger partial charge in [-0.05, 0) is 24.7 Å². The molecule has 3 heterocycles. The Bertz CT molecular complexity index is 850. The van der Waals surface area contributed by atoms with Crippen molar-refractivity contribution in [2.24, 2.45) is 10.8 Å². The van der Waals surface area contributed by atoms with Crippen molar-refractivity contribution in [3.8, 4) is 0 Å². The van der Waals surface area contributed by atoms with E-state index >= 15 is 0 Å². The fraction of sp³-hybridized carbons (Fsp3) is 0.778. The van der Waals surface area contributed by atoms with Gasteiger partial charge in [0.05, 0.1) is 0 Å². The lowest BCUT2D eigenvalue weighted by molar-refractivity contribution is -0.318. The maximum Gasteiger partial charge on any atom is 0.338 e. The van der Waals surface area contributed by atoms with Crippen LogP contribution >= 0.6 is 0 Å². The summed E-state index contributed by atoms with van der Waals surface area (Å²) in [5.74, 6) is -1.81. The molecule has 0 unspecified atom stereocenters. The second-order valence-electron chi connectivity index (χ2n) is 12.1. The van der Waals surface area contributed by atoms with Gasteiger partial charge in [0.1, 0.15) is 24.4 Å². The molecule has 10 nitrogen and oxygen atoms in total. The van der Waals surface area contributed by atoms with Crippen LogP contribution in [0.1, 0.15) is 55.4 Å². The van der Waals surface area contributed by atoms with E-state index in [0.29, 0.717) is 0 Å². The van der Waals surface area contributed by atoms with Crippen molar-refractivity contribution in [1.29, 1.82) is 0 Å². The molecule has 0 aromatic rings. The molecule has 0 aliphatic carbocycles. The minimum Gasteiger partial charge on any atom is -0.454 e. The van der Waals surface area contributed by atoms with Gasteiger partial charge in [-0.3, -0.25) is 0 Å². The van der Waals surface area contributed by atoms with Gasteiger partial charge in [-0.1, -0.05) is 65.8 Å². The smallest absolute Gasteiger partial charge is 0.338 e. The Morgan fingerprint density at radius 2 is 1.41 bits per heavy atom. The van der Waals surface area contributed by atoms with Crippen LogP contribution in [0.3, 0.4) is 0 Å². The van der Waals surface area contributed by atoms with Gasteiger partial charge in [-0.2, -0.15) is 0 Å². The molecule has 3 saturated heterocycles. The standard InChI is InChI=1S/C15H24O5.C12H20O5/c1-14(2,3)8-7-9-10-11(20-15(4,5)19-9)12(17-6)13(16)18-10;1-12(2,3)6-5-7(13)9-8(14)10(16-4)11(15)17-9/h7-12H,1-6H3;5-10,13-14H,1-4H3/b8-7+;6-5+/t9-,10+,11-,12-;7-,8-,9+,10-/m11/s1. The van der Waals surface area contributed by atoms with E-state index < -0.39 is 60.5 Å². The lowest BCUT2D eigenvalue weighted by atomic mass is 9.94. The summed E-state index contributed by atoms with van der Waals surface area (Å²) in [7, 11) is 2.80. The maximum absolute atomic E-state index is 11.8. The van der Waals surface area contributed by atoms with Crippen LogP contribution in [0.5, 0.6) is 0 Å². The second kappa shape index (κ2) is 11.9. The van der Waals surface area contributed by atoms with Crippen molar-refractivity contribution in [2.45, 2.75) is 110 Å². The number of hydrogen-bond donors (Lipinski definition) is 2. The molecule has 3 aliphatic heterocycles. The number of methoxy groups -OCH3 is 2. The number of carbonyl (C=O) groups is 2. The predicted molar refractivity (Wildman–Crippen MR) is 134 cm³/mol. The zero-order chi connectivity index (χ0) is 28.3. The molecule has 37 heavy (non-hydrogen) atoms. The van der Waals surface area contributed by atoms with Crippen molar-refractivity contribution in [2.75, 3.05) is 14.2 Å². The van der Waals surface area contributed by atoms with E-state index in [0.717, 1.165) is 0 Å². The molecule has 8 atom stereocenters. The van der Waals surface area contributed by atoms with Crippen LogP contribution in [0.15, 0.2) is 24.3 Å². The molecule has 3 aliphatic rings. The molecule has 2 N–H and O–H groups in total. The number of esters is 2. The van der Waals surface area contributed by atoms with Crippen molar-refractivity contribution in [1.82, 2.24) is 0 Å². The number of aliphatic hydroxyl groups is 2. The van der Waals surface area contributed by atoms with Gasteiger partial charge < -0.3 is 38.6 Å². The first kappa shape index (κ1) is 31.4. The van der Waals surface area contributed by atoms with Gasteiger partial charge in [0.25, 0.3) is 0 Å². The third kappa shape index (κ3) is 8.59. The number of carbonyl (C=O) groups excluding carboxylic acids is 2. The molecule has 3 fully saturated rings. The fourth-order valence-electron chi connectivity index (χ4n) is 4.06. The van der Waals surface area contributed by atoms with Crippen molar-refractivity contribution >= 4 is 11.9 Å². The molecule has 0 radical (unpaired) electrons. The van der Waals surface area contributed by atoms with Gasteiger partial charge in [0, 0.05) is 14.2 Å². The Hall–Kier alpha value is -1.82. The van der Waals surface area contributed by atoms with Crippen molar-refractivity contribution < 1.29 is 48.2 Å². The predicted octanol–water partition coefficient (Wildman–Crippen LogP) is 2.30. The third-order valence-corrected chi connectivity index (χ3v) is 5.83. The highest BCUT2D eigenvalue weighted by Gasteiger charge is 2.55. The van der Waals surface area contributed by atoms with Gasteiger partial charge >= 0.3 is 11.9 Å². The first-order chi connectivity index (χ1) is 16.9. The molecule has 0 spiro atoms. The van der Waals surface area contributed by atoms with Crippen LogP contribution < -0.4 is 0 Å². The molecule has 0 aromatic heterocycles. The first-order valence-corrected chi connectivity index (χ1v) is 12.5. The molecule has 0 saturated carbocycles. The number of allylic oxidation sites excluding steroid dienone is 2. The summed E-state index contributed by atoms with van der Waals surface area (Å²) in [6.45, 7) is 15.9. The molecule has 3 rings (SSSR count). The Morgan fingerprint density at radius 1 is 0.865 bits per heavy atom. The topological polar surface area (TPSA) is 130 Å². The monoisotopic (exact) mass is 528 g/mol. The lowest BCUT2D eigenvalue weighted by Gasteiger charge is -2.41. The normalized spacial score (nSPS) is 34.6. The zero-order valence-corrected chi connectivity index (χ0v) is 23.6. The Kier molecular flexibility index (Phi) is 10.1. The second-order valence-corrected chi connectivity index (χ2v) is 12.1. The number of fused-ring (bicyclic) bond motifs is 1. The highest BCUT2D eigenvalue weighted by atomic mass is 16.8. The van der Waals surface area contributed by atoms with E-state index in [-0.39, 0.29) is 16.9 Å². The van der Waals surface area contributed by atoms with Crippen molar-refractivity contribution in [3.05, 3.63) is 24.3 Å². The van der Waals surface area contributed by atoms with Crippen LogP contribution in [0.4, 0.5) is 0 Å². The highest BCUT2D eigenvalue weighted by molar-refractivity contribution is 5.78. The average Bonchev–Trinajstić information content (AvgIpc) is 3.23. The number of aliphatic hydroxyl groups excluding tert-OH is 2. The fourth-order valence-corrected chi connectivity index (χ4v) is 4.06. The maximum atomic E-state index is 11.8. The van der Waals surface area contributed by atoms with Gasteiger partial charge in [-0.15, -0.1) is 0 Å². The molecule has 212 valence electrons. The van der Waals surface area contributed by atoms with Gasteiger partial charge in [0.2, 0.25) is 0 Å². The summed E-state index contributed by atoms with van der Waals surface area (Å²) >= 11 is 0. The molecule has 10 heteroatoms. The molecular weight excluding hydrogens is 484 g/mol. The minimum absolute atomic E-state index is 0.0323. The van der Waals surface area contributed by atoms with Gasteiger partial charge in [0.15, 0.2) is 30.2 Å². The highest BCUT2D eigenvalue weighted by Crippen LogP contribution is 2.36. The van der Waals surface area contributed by atoms with E-state index in [9.17, 15) is 19.8 Å². The molecule has 0 amide bonds. The summed E-state index contributed by atoms with van der Waals surface area (Å²) in [4.78, 5) is 23.1. The molecular formula is C27H44O10. The number of ether oxygens (including phenoxy) is 6. The third-order valence-electron chi connectivity index (χ3n) is 5.83. The zero-order valence-electron chi connectivity index (χ0n) is 23.6. The summed E-state index contributed by atoms with van der Waals surface area (Å²) < 4.78 is 32.0. The van der Waals surface area contributed by atoms with Crippen LogP contribution in [-0.4, -0.2) is 91.0 Å². The number of hydrogen-bond acceptors (Lipinski definition) is 10. The van der Waals surface area contributed by atoms with E-state index in [2.05, 4.69) is 26.8 Å². The Balaban J connectivity index is 0.000000264. The average molecular weight is 529 g/mol. The summed E-state index contributed by atoms with van der Waals surface area (Å²) in [6.07, 6.45) is 1.27. The first-order valence-electron chi connectivity index (χ1n) is 12.5. The molecule has 0 aromatic carbocycles. The van der Waals surface area contributed by atoms with Crippen LogP contribution in [0, 0.1) is 10.8 Å². The SMILES string of the molecule is CO[C@H]1C(=O)O[C@@H]([C@H](O)/C=C/C(C)(C)C)[C@H]1O.CO[C@H]1C(=O)O[C@@H]2[C@H]1OC(C)(C)O[C@@H]2/C=C/C(C)(C)C. The lowest BCUT2D eigenvalue weighted by Crippen LogP contribution is -2.54. The summed E-state index contributed by atoms with van der Waals surface area (Å²) in [5.41, 5.74) is -0.0558. The summed E-state index contributed by atoms with van der Waals surface area (Å²) in [5, 5.41) is 19.6. The van der Waals surface area contributed by atoms with E-state index in [1.54, 1.807) is 6.08 Å². The summed E-state index contributed by atoms with van der Waals surface area (Å²) in [6, 6.07) is 0. The number of rotatable bonds is 5. The quantitative estimate of drug-likeness (QED) is 0.405. The van der Waals surface area contributed by atoms with Crippen LogP contribution in [0.2, 0.25) is 0 Å². The van der Waals surface area contributed by atoms with E-state index in [4.69, 9.17) is 28.4 Å². The van der Waals surface area contributed by atoms with Crippen LogP contribution in [0.25, 0.3) is 0 Å². The number of cyclic esters (lactones) is 1. The Morgan fingerprint density at radius 3 is 1.89 bits per heavy atom. The van der Waals surface area contributed by atoms with Gasteiger partial charge in [-0.25, -0.2) is 9.59 Å². The van der Waals surface area contributed by atoms with E-state index in [1.807, 2.05) is 40.7 Å². The Labute approximate surface area is 219 Å². The van der Waals surface area contributed by atoms with Crippen LogP contribution in [-0.2, 0) is 38.0 Å². The molecule has 0 bridgehead atoms. The minimum atomic E-state index is -1.15. The van der Waals surface area contributed by atoms with E-state index in [1.165, 1.54) is 20.3 Å². The largest absolute Gasteiger partial charge is 0.454 e. The van der Waals surface area contributed by atoms with Crippen molar-refractivity contribution in [3.63, 3.8) is 0 Å².